The van der Waals surface area contributed by atoms with Crippen molar-refractivity contribution in [2.45, 2.75) is 20.4 Å². The number of aryl methyl sites for hydroxylation is 1. The molecule has 5 heteroatoms. The molecule has 0 aliphatic rings. The number of hydrogen-bond donors (Lipinski definition) is 2. The molecule has 0 bridgehead atoms. The zero-order chi connectivity index (χ0) is 13.7. The molecule has 0 aliphatic carbocycles. The van der Waals surface area contributed by atoms with E-state index in [9.17, 15) is 4.79 Å². The molecule has 1 aromatic heterocycles. The molecule has 0 unspecified atom stereocenters. The Bertz CT molecular complexity index is 550. The van der Waals surface area contributed by atoms with Crippen molar-refractivity contribution in [3.05, 3.63) is 47.3 Å². The first-order valence-electron chi connectivity index (χ1n) is 6.23. The molecular formula is C14H17N3O2. The summed E-state index contributed by atoms with van der Waals surface area (Å²) in [6.07, 6.45) is 1.55. The predicted molar refractivity (Wildman–Crippen MR) is 73.0 cm³/mol. The molecule has 5 nitrogen and oxygen atoms in total. The number of aromatic nitrogens is 1. The van der Waals surface area contributed by atoms with Crippen LogP contribution in [0.2, 0.25) is 0 Å². The normalized spacial score (nSPS) is 10.2. The molecule has 0 radical (unpaired) electrons. The average Bonchev–Trinajstić information content (AvgIpc) is 2.89. The standard InChI is InChI=1S/C14H17N3O2/c1-3-15-11-4-5-13(10(2)8-11)14(18)16-9-12-6-7-17-19-12/h4-8,15H,3,9H2,1-2H3,(H,16,18). The van der Waals surface area contributed by atoms with Gasteiger partial charge in [-0.05, 0) is 37.6 Å². The van der Waals surface area contributed by atoms with Crippen molar-refractivity contribution in [2.24, 2.45) is 0 Å². The molecule has 1 aromatic carbocycles. The third kappa shape index (κ3) is 3.34. The van der Waals surface area contributed by atoms with Gasteiger partial charge in [0, 0.05) is 23.9 Å². The molecule has 0 saturated heterocycles. The van der Waals surface area contributed by atoms with Gasteiger partial charge in [-0.2, -0.15) is 0 Å². The number of benzene rings is 1. The molecule has 0 saturated carbocycles. The maximum atomic E-state index is 12.0. The van der Waals surface area contributed by atoms with E-state index in [-0.39, 0.29) is 5.91 Å². The van der Waals surface area contributed by atoms with E-state index >= 15 is 0 Å². The van der Waals surface area contributed by atoms with Crippen LogP contribution in [0.25, 0.3) is 0 Å². The van der Waals surface area contributed by atoms with Crippen molar-refractivity contribution < 1.29 is 9.32 Å². The first kappa shape index (κ1) is 13.1. The molecule has 0 spiro atoms. The molecule has 2 rings (SSSR count). The van der Waals surface area contributed by atoms with Crippen molar-refractivity contribution in [1.29, 1.82) is 0 Å². The summed E-state index contributed by atoms with van der Waals surface area (Å²) < 4.78 is 4.93. The Kier molecular flexibility index (Phi) is 4.18. The molecular weight excluding hydrogens is 242 g/mol. The second kappa shape index (κ2) is 6.04. The number of carbonyl (C=O) groups excluding carboxylic acids is 1. The molecule has 0 atom stereocenters. The minimum Gasteiger partial charge on any atom is -0.385 e. The van der Waals surface area contributed by atoms with Gasteiger partial charge in [-0.1, -0.05) is 5.16 Å². The third-order valence-electron chi connectivity index (χ3n) is 2.77. The minimum atomic E-state index is -0.114. The van der Waals surface area contributed by atoms with Gasteiger partial charge >= 0.3 is 0 Å². The van der Waals surface area contributed by atoms with E-state index in [1.165, 1.54) is 0 Å². The smallest absolute Gasteiger partial charge is 0.251 e. The van der Waals surface area contributed by atoms with Crippen molar-refractivity contribution in [3.63, 3.8) is 0 Å². The van der Waals surface area contributed by atoms with E-state index in [0.717, 1.165) is 17.8 Å². The largest absolute Gasteiger partial charge is 0.385 e. The van der Waals surface area contributed by atoms with Crippen LogP contribution in [0.15, 0.2) is 35.0 Å². The number of nitrogens with one attached hydrogen (secondary N) is 2. The molecule has 1 amide bonds. The second-order valence-electron chi connectivity index (χ2n) is 4.22. The Balaban J connectivity index is 2.02. The van der Waals surface area contributed by atoms with Crippen LogP contribution in [-0.4, -0.2) is 17.6 Å². The fourth-order valence-electron chi connectivity index (χ4n) is 1.83. The third-order valence-corrected chi connectivity index (χ3v) is 2.77. The van der Waals surface area contributed by atoms with Crippen LogP contribution < -0.4 is 10.6 Å². The number of anilines is 1. The topological polar surface area (TPSA) is 67.2 Å². The van der Waals surface area contributed by atoms with Crippen LogP contribution in [0, 0.1) is 6.92 Å². The molecule has 1 heterocycles. The highest BCUT2D eigenvalue weighted by molar-refractivity contribution is 5.96. The summed E-state index contributed by atoms with van der Waals surface area (Å²) in [5.41, 5.74) is 2.63. The van der Waals surface area contributed by atoms with Gasteiger partial charge < -0.3 is 15.2 Å². The maximum absolute atomic E-state index is 12.0. The SMILES string of the molecule is CCNc1ccc(C(=O)NCc2ccno2)c(C)c1. The fourth-order valence-corrected chi connectivity index (χ4v) is 1.83. The zero-order valence-electron chi connectivity index (χ0n) is 11.1. The van der Waals surface area contributed by atoms with Gasteiger partial charge in [0.25, 0.3) is 5.91 Å². The van der Waals surface area contributed by atoms with Crippen molar-refractivity contribution in [1.82, 2.24) is 10.5 Å². The molecule has 100 valence electrons. The van der Waals surface area contributed by atoms with Gasteiger partial charge in [0.15, 0.2) is 5.76 Å². The highest BCUT2D eigenvalue weighted by Crippen LogP contribution is 2.15. The monoisotopic (exact) mass is 259 g/mol. The lowest BCUT2D eigenvalue weighted by Gasteiger charge is -2.09. The first-order chi connectivity index (χ1) is 9.20. The van der Waals surface area contributed by atoms with E-state index in [4.69, 9.17) is 4.52 Å². The summed E-state index contributed by atoms with van der Waals surface area (Å²) in [5, 5.41) is 9.60. The van der Waals surface area contributed by atoms with Gasteiger partial charge in [-0.3, -0.25) is 4.79 Å². The Morgan fingerprint density at radius 3 is 2.84 bits per heavy atom. The molecule has 19 heavy (non-hydrogen) atoms. The lowest BCUT2D eigenvalue weighted by Crippen LogP contribution is -2.23. The maximum Gasteiger partial charge on any atom is 0.251 e. The number of amides is 1. The number of carbonyl (C=O) groups is 1. The van der Waals surface area contributed by atoms with Crippen molar-refractivity contribution >= 4 is 11.6 Å². The Morgan fingerprint density at radius 1 is 1.37 bits per heavy atom. The fraction of sp³-hybridized carbons (Fsp3) is 0.286. The highest BCUT2D eigenvalue weighted by Gasteiger charge is 2.09. The summed E-state index contributed by atoms with van der Waals surface area (Å²) >= 11 is 0. The predicted octanol–water partition coefficient (Wildman–Crippen LogP) is 2.34. The summed E-state index contributed by atoms with van der Waals surface area (Å²) in [7, 11) is 0. The Morgan fingerprint density at radius 2 is 2.21 bits per heavy atom. The van der Waals surface area contributed by atoms with Gasteiger partial charge in [0.05, 0.1) is 12.7 Å². The summed E-state index contributed by atoms with van der Waals surface area (Å²) in [6.45, 7) is 5.15. The van der Waals surface area contributed by atoms with Gasteiger partial charge in [-0.25, -0.2) is 0 Å². The summed E-state index contributed by atoms with van der Waals surface area (Å²) in [5.74, 6) is 0.521. The van der Waals surface area contributed by atoms with Crippen LogP contribution in [-0.2, 0) is 6.54 Å². The van der Waals surface area contributed by atoms with E-state index in [2.05, 4.69) is 15.8 Å². The number of hydrogen-bond acceptors (Lipinski definition) is 4. The molecule has 2 aromatic rings. The number of rotatable bonds is 5. The van der Waals surface area contributed by atoms with Crippen LogP contribution in [0.5, 0.6) is 0 Å². The molecule has 0 aliphatic heterocycles. The van der Waals surface area contributed by atoms with E-state index < -0.39 is 0 Å². The van der Waals surface area contributed by atoms with Gasteiger partial charge in [-0.15, -0.1) is 0 Å². The van der Waals surface area contributed by atoms with E-state index in [0.29, 0.717) is 17.9 Å². The zero-order valence-corrected chi connectivity index (χ0v) is 11.1. The van der Waals surface area contributed by atoms with Crippen molar-refractivity contribution in [3.8, 4) is 0 Å². The number of nitrogens with zero attached hydrogens (tertiary/aromatic N) is 1. The summed E-state index contributed by atoms with van der Waals surface area (Å²) in [6, 6.07) is 7.41. The lowest BCUT2D eigenvalue weighted by atomic mass is 10.1. The second-order valence-corrected chi connectivity index (χ2v) is 4.22. The quantitative estimate of drug-likeness (QED) is 0.865. The Hall–Kier alpha value is -2.30. The van der Waals surface area contributed by atoms with Gasteiger partial charge in [0.2, 0.25) is 0 Å². The Labute approximate surface area is 112 Å². The van der Waals surface area contributed by atoms with Gasteiger partial charge in [0.1, 0.15) is 0 Å². The van der Waals surface area contributed by atoms with E-state index in [1.807, 2.05) is 32.0 Å². The molecule has 0 fully saturated rings. The van der Waals surface area contributed by atoms with Crippen molar-refractivity contribution in [2.75, 3.05) is 11.9 Å². The molecule has 2 N–H and O–H groups in total. The first-order valence-corrected chi connectivity index (χ1v) is 6.23. The van der Waals surface area contributed by atoms with Crippen LogP contribution in [0.4, 0.5) is 5.69 Å². The summed E-state index contributed by atoms with van der Waals surface area (Å²) in [4.78, 5) is 12.0. The van der Waals surface area contributed by atoms with Crippen LogP contribution >= 0.6 is 0 Å². The average molecular weight is 259 g/mol. The van der Waals surface area contributed by atoms with E-state index in [1.54, 1.807) is 12.3 Å². The van der Waals surface area contributed by atoms with Crippen LogP contribution in [0.3, 0.4) is 0 Å². The highest BCUT2D eigenvalue weighted by atomic mass is 16.5. The minimum absolute atomic E-state index is 0.114. The van der Waals surface area contributed by atoms with Crippen LogP contribution in [0.1, 0.15) is 28.6 Å². The lowest BCUT2D eigenvalue weighted by molar-refractivity contribution is 0.0946.